The molecule has 0 spiro atoms. The number of hydrogen-bond donors (Lipinski definition) is 1. The van der Waals surface area contributed by atoms with Gasteiger partial charge in [0.05, 0.1) is 11.6 Å². The zero-order valence-corrected chi connectivity index (χ0v) is 12.9. The summed E-state index contributed by atoms with van der Waals surface area (Å²) in [5, 5.41) is 2.15. The van der Waals surface area contributed by atoms with Crippen LogP contribution >= 0.6 is 11.3 Å². The molecule has 2 N–H and O–H groups in total. The quantitative estimate of drug-likeness (QED) is 0.872. The van der Waals surface area contributed by atoms with Gasteiger partial charge in [-0.25, -0.2) is 0 Å². The van der Waals surface area contributed by atoms with Crippen LogP contribution in [-0.4, -0.2) is 36.7 Å². The molecule has 1 saturated carbocycles. The number of nitrogens with two attached hydrogens (primary N) is 1. The Morgan fingerprint density at radius 2 is 2.37 bits per heavy atom. The lowest BCUT2D eigenvalue weighted by Gasteiger charge is -2.50. The Hall–Kier alpha value is -0.420. The zero-order valence-electron chi connectivity index (χ0n) is 12.1. The number of nitrogens with zero attached hydrogens (tertiary/aromatic N) is 1. The van der Waals surface area contributed by atoms with Crippen molar-refractivity contribution in [3.63, 3.8) is 0 Å². The molecular formula is C15H26N2OS. The van der Waals surface area contributed by atoms with Gasteiger partial charge in [0.2, 0.25) is 0 Å². The highest BCUT2D eigenvalue weighted by molar-refractivity contribution is 7.09. The van der Waals surface area contributed by atoms with E-state index in [2.05, 4.69) is 29.3 Å². The Morgan fingerprint density at radius 3 is 2.95 bits per heavy atom. The molecule has 0 saturated heterocycles. The highest BCUT2D eigenvalue weighted by Crippen LogP contribution is 2.36. The molecule has 1 aliphatic carbocycles. The van der Waals surface area contributed by atoms with Crippen LogP contribution in [0.2, 0.25) is 0 Å². The van der Waals surface area contributed by atoms with E-state index in [-0.39, 0.29) is 11.6 Å². The molecule has 0 aromatic carbocycles. The van der Waals surface area contributed by atoms with E-state index >= 15 is 0 Å². The van der Waals surface area contributed by atoms with Crippen LogP contribution in [0.1, 0.15) is 37.5 Å². The lowest BCUT2D eigenvalue weighted by molar-refractivity contribution is -0.0770. The zero-order chi connectivity index (χ0) is 13.7. The highest BCUT2D eigenvalue weighted by atomic mass is 32.1. The third-order valence-electron chi connectivity index (χ3n) is 4.50. The minimum absolute atomic E-state index is 0.0196. The fourth-order valence-corrected chi connectivity index (χ4v) is 4.15. The average molecular weight is 282 g/mol. The lowest BCUT2D eigenvalue weighted by atomic mass is 9.77. The molecule has 1 heterocycles. The highest BCUT2D eigenvalue weighted by Gasteiger charge is 2.44. The maximum absolute atomic E-state index is 6.19. The van der Waals surface area contributed by atoms with Gasteiger partial charge < -0.3 is 10.5 Å². The second-order valence-corrected chi connectivity index (χ2v) is 6.40. The molecule has 2 unspecified atom stereocenters. The predicted molar refractivity (Wildman–Crippen MR) is 81.5 cm³/mol. The van der Waals surface area contributed by atoms with Gasteiger partial charge in [0, 0.05) is 25.1 Å². The van der Waals surface area contributed by atoms with Gasteiger partial charge in [0.1, 0.15) is 0 Å². The molecule has 1 fully saturated rings. The molecule has 1 aliphatic rings. The minimum Gasteiger partial charge on any atom is -0.379 e. The van der Waals surface area contributed by atoms with E-state index in [1.807, 2.05) is 18.4 Å². The van der Waals surface area contributed by atoms with Gasteiger partial charge in [-0.3, -0.25) is 4.90 Å². The number of likely N-dealkylation sites (N-methyl/N-ethyl adjacent to an activating group) is 1. The van der Waals surface area contributed by atoms with Gasteiger partial charge in [0.15, 0.2) is 0 Å². The average Bonchev–Trinajstić information content (AvgIpc) is 2.97. The topological polar surface area (TPSA) is 38.5 Å². The van der Waals surface area contributed by atoms with Crippen LogP contribution in [0.25, 0.3) is 0 Å². The van der Waals surface area contributed by atoms with Gasteiger partial charge in [-0.2, -0.15) is 0 Å². The molecule has 108 valence electrons. The van der Waals surface area contributed by atoms with Gasteiger partial charge >= 0.3 is 0 Å². The first kappa shape index (κ1) is 15.0. The Morgan fingerprint density at radius 1 is 1.53 bits per heavy atom. The SMILES string of the molecule is CCN(Cc1cccs1)C1(CN)CCCCC1OC. The summed E-state index contributed by atoms with van der Waals surface area (Å²) in [5.74, 6) is 0. The van der Waals surface area contributed by atoms with Crippen LogP contribution < -0.4 is 5.73 Å². The molecule has 4 heteroatoms. The van der Waals surface area contributed by atoms with Crippen molar-refractivity contribution < 1.29 is 4.74 Å². The molecule has 0 aliphatic heterocycles. The summed E-state index contributed by atoms with van der Waals surface area (Å²) < 4.78 is 5.78. The van der Waals surface area contributed by atoms with Crippen LogP contribution in [0, 0.1) is 0 Å². The summed E-state index contributed by atoms with van der Waals surface area (Å²) in [6.45, 7) is 4.93. The first-order valence-corrected chi connectivity index (χ1v) is 8.15. The Balaban J connectivity index is 2.20. The molecule has 0 amide bonds. The molecule has 0 bridgehead atoms. The molecule has 2 rings (SSSR count). The van der Waals surface area contributed by atoms with E-state index in [4.69, 9.17) is 10.5 Å². The largest absolute Gasteiger partial charge is 0.379 e. The number of methoxy groups -OCH3 is 1. The molecule has 2 atom stereocenters. The van der Waals surface area contributed by atoms with Crippen molar-refractivity contribution in [1.29, 1.82) is 0 Å². The molecule has 1 aromatic heterocycles. The van der Waals surface area contributed by atoms with Crippen molar-refractivity contribution in [3.05, 3.63) is 22.4 Å². The Labute approximate surface area is 120 Å². The Kier molecular flexibility index (Phi) is 5.39. The van der Waals surface area contributed by atoms with Crippen molar-refractivity contribution in [2.24, 2.45) is 5.73 Å². The second kappa shape index (κ2) is 6.84. The molecule has 1 aromatic rings. The monoisotopic (exact) mass is 282 g/mol. The first-order chi connectivity index (χ1) is 9.26. The lowest BCUT2D eigenvalue weighted by Crippen LogP contribution is -2.62. The van der Waals surface area contributed by atoms with E-state index in [1.54, 1.807) is 0 Å². The predicted octanol–water partition coefficient (Wildman–Crippen LogP) is 2.86. The van der Waals surface area contributed by atoms with Crippen LogP contribution in [0.5, 0.6) is 0 Å². The molecular weight excluding hydrogens is 256 g/mol. The number of rotatable bonds is 6. The summed E-state index contributed by atoms with van der Waals surface area (Å²) in [6.07, 6.45) is 5.08. The standard InChI is InChI=1S/C15H26N2OS/c1-3-17(11-13-7-6-10-19-13)15(12-16)9-5-4-8-14(15)18-2/h6-7,10,14H,3-5,8-9,11-12,16H2,1-2H3. The third kappa shape index (κ3) is 3.02. The van der Waals surface area contributed by atoms with E-state index in [0.29, 0.717) is 6.54 Å². The number of thiophene rings is 1. The maximum Gasteiger partial charge on any atom is 0.0767 e. The van der Waals surface area contributed by atoms with E-state index < -0.39 is 0 Å². The maximum atomic E-state index is 6.19. The van der Waals surface area contributed by atoms with Crippen LogP contribution in [0.3, 0.4) is 0 Å². The van der Waals surface area contributed by atoms with Crippen LogP contribution in [0.4, 0.5) is 0 Å². The van der Waals surface area contributed by atoms with Gasteiger partial charge in [0.25, 0.3) is 0 Å². The summed E-state index contributed by atoms with van der Waals surface area (Å²) in [5.41, 5.74) is 6.21. The van der Waals surface area contributed by atoms with Crippen LogP contribution in [-0.2, 0) is 11.3 Å². The normalized spacial score (nSPS) is 27.9. The molecule has 19 heavy (non-hydrogen) atoms. The summed E-state index contributed by atoms with van der Waals surface area (Å²) >= 11 is 1.83. The fraction of sp³-hybridized carbons (Fsp3) is 0.733. The van der Waals surface area contributed by atoms with Crippen molar-refractivity contribution in [1.82, 2.24) is 4.90 Å². The Bertz CT molecular complexity index is 368. The van der Waals surface area contributed by atoms with E-state index in [0.717, 1.165) is 25.9 Å². The third-order valence-corrected chi connectivity index (χ3v) is 5.36. The summed E-state index contributed by atoms with van der Waals surface area (Å²) in [7, 11) is 1.83. The van der Waals surface area contributed by atoms with Crippen molar-refractivity contribution in [2.45, 2.75) is 50.8 Å². The van der Waals surface area contributed by atoms with E-state index in [1.165, 1.54) is 17.7 Å². The van der Waals surface area contributed by atoms with Crippen molar-refractivity contribution >= 4 is 11.3 Å². The van der Waals surface area contributed by atoms with Gasteiger partial charge in [-0.1, -0.05) is 25.8 Å². The fourth-order valence-electron chi connectivity index (χ4n) is 3.43. The van der Waals surface area contributed by atoms with Crippen molar-refractivity contribution in [3.8, 4) is 0 Å². The smallest absolute Gasteiger partial charge is 0.0767 e. The molecule has 3 nitrogen and oxygen atoms in total. The number of ether oxygens (including phenoxy) is 1. The minimum atomic E-state index is 0.0196. The molecule has 0 radical (unpaired) electrons. The van der Waals surface area contributed by atoms with Gasteiger partial charge in [-0.05, 0) is 30.8 Å². The van der Waals surface area contributed by atoms with Gasteiger partial charge in [-0.15, -0.1) is 11.3 Å². The number of hydrogen-bond acceptors (Lipinski definition) is 4. The van der Waals surface area contributed by atoms with Crippen LogP contribution in [0.15, 0.2) is 17.5 Å². The first-order valence-electron chi connectivity index (χ1n) is 7.27. The second-order valence-electron chi connectivity index (χ2n) is 5.37. The summed E-state index contributed by atoms with van der Waals surface area (Å²) in [4.78, 5) is 3.95. The summed E-state index contributed by atoms with van der Waals surface area (Å²) in [6, 6.07) is 4.33. The van der Waals surface area contributed by atoms with Crippen molar-refractivity contribution in [2.75, 3.05) is 20.2 Å². The van der Waals surface area contributed by atoms with E-state index in [9.17, 15) is 0 Å².